The zero-order valence-electron chi connectivity index (χ0n) is 16.5. The smallest absolute Gasteiger partial charge is 0.193 e. The van der Waals surface area contributed by atoms with Crippen LogP contribution in [0.15, 0.2) is 47.0 Å². The second-order valence-corrected chi connectivity index (χ2v) is 8.03. The van der Waals surface area contributed by atoms with Gasteiger partial charge in [0.1, 0.15) is 0 Å². The molecule has 1 unspecified atom stereocenters. The molecule has 1 atom stereocenters. The molecule has 0 spiro atoms. The summed E-state index contributed by atoms with van der Waals surface area (Å²) in [6.07, 6.45) is 6.28. The number of nitrogens with zero attached hydrogens (tertiary/aromatic N) is 4. The van der Waals surface area contributed by atoms with E-state index >= 15 is 0 Å². The number of thiophene rings is 1. The van der Waals surface area contributed by atoms with E-state index in [0.29, 0.717) is 5.92 Å². The number of aryl methyl sites for hydroxylation is 1. The van der Waals surface area contributed by atoms with Crippen LogP contribution in [0.4, 0.5) is 0 Å². The molecule has 1 fully saturated rings. The van der Waals surface area contributed by atoms with Crippen LogP contribution in [0.1, 0.15) is 30.4 Å². The Morgan fingerprint density at radius 3 is 3.00 bits per heavy atom. The van der Waals surface area contributed by atoms with E-state index < -0.39 is 0 Å². The number of nitrogens with one attached hydrogen (secondary N) is 1. The van der Waals surface area contributed by atoms with Crippen LogP contribution >= 0.6 is 35.3 Å². The van der Waals surface area contributed by atoms with Gasteiger partial charge in [-0.2, -0.15) is 5.10 Å². The van der Waals surface area contributed by atoms with Gasteiger partial charge >= 0.3 is 0 Å². The predicted molar refractivity (Wildman–Crippen MR) is 129 cm³/mol. The normalized spacial score (nSPS) is 17.1. The Labute approximate surface area is 187 Å². The lowest BCUT2D eigenvalue weighted by Gasteiger charge is -2.21. The Kier molecular flexibility index (Phi) is 7.34. The number of aliphatic imine (C=N–C) groups is 1. The number of likely N-dealkylation sites (tertiary alicyclic amines) is 1. The molecule has 0 radical (unpaired) electrons. The minimum Gasteiger partial charge on any atom is -0.357 e. The highest BCUT2D eigenvalue weighted by Gasteiger charge is 2.26. The molecule has 3 heterocycles. The Hall–Kier alpha value is -1.61. The molecule has 1 saturated heterocycles. The van der Waals surface area contributed by atoms with Crippen molar-refractivity contribution < 1.29 is 0 Å². The number of guanidine groups is 1. The van der Waals surface area contributed by atoms with E-state index in [9.17, 15) is 0 Å². The molecule has 0 aliphatic carbocycles. The highest BCUT2D eigenvalue weighted by Crippen LogP contribution is 2.27. The molecular weight excluding hydrogens is 481 g/mol. The van der Waals surface area contributed by atoms with Gasteiger partial charge in [0.15, 0.2) is 5.96 Å². The van der Waals surface area contributed by atoms with Crippen LogP contribution in [-0.4, -0.2) is 46.8 Å². The van der Waals surface area contributed by atoms with Crippen molar-refractivity contribution in [2.24, 2.45) is 12.0 Å². The van der Waals surface area contributed by atoms with Gasteiger partial charge in [0, 0.05) is 50.0 Å². The summed E-state index contributed by atoms with van der Waals surface area (Å²) in [5, 5.41) is 11.5. The second kappa shape index (κ2) is 9.73. The van der Waals surface area contributed by atoms with Gasteiger partial charge in [-0.3, -0.25) is 9.67 Å². The third kappa shape index (κ3) is 4.68. The van der Waals surface area contributed by atoms with Gasteiger partial charge in [-0.05, 0) is 47.7 Å². The first-order chi connectivity index (χ1) is 13.2. The standard InChI is InChI=1S/C21H27N5S.HI/c1-3-22-21(26-11-9-16(14-26)18-12-24-25(2)13-18)23-10-8-17-15-27-20-7-5-4-6-19(17)20;/h4-7,12-13,15-16H,3,8-11,14H2,1-2H3,(H,22,23);1H. The number of aromatic nitrogens is 2. The van der Waals surface area contributed by atoms with Crippen LogP contribution in [0.2, 0.25) is 0 Å². The lowest BCUT2D eigenvalue weighted by Crippen LogP contribution is -2.40. The zero-order valence-corrected chi connectivity index (χ0v) is 19.6. The molecule has 1 aliphatic heterocycles. The van der Waals surface area contributed by atoms with E-state index in [-0.39, 0.29) is 24.0 Å². The van der Waals surface area contributed by atoms with E-state index in [1.807, 2.05) is 29.3 Å². The molecule has 0 amide bonds. The number of halogens is 1. The van der Waals surface area contributed by atoms with Crippen LogP contribution in [0.25, 0.3) is 10.1 Å². The van der Waals surface area contributed by atoms with E-state index in [4.69, 9.17) is 4.99 Å². The molecule has 1 aliphatic rings. The quantitative estimate of drug-likeness (QED) is 0.318. The Balaban J connectivity index is 0.00000225. The summed E-state index contributed by atoms with van der Waals surface area (Å²) in [7, 11) is 1.98. The molecular formula is C21H28IN5S. The first-order valence-corrected chi connectivity index (χ1v) is 10.6. The van der Waals surface area contributed by atoms with Gasteiger partial charge in [-0.15, -0.1) is 35.3 Å². The molecule has 5 nitrogen and oxygen atoms in total. The zero-order chi connectivity index (χ0) is 18.6. The topological polar surface area (TPSA) is 45.5 Å². The predicted octanol–water partition coefficient (Wildman–Crippen LogP) is 4.25. The van der Waals surface area contributed by atoms with Gasteiger partial charge in [0.05, 0.1) is 6.20 Å². The van der Waals surface area contributed by atoms with Crippen molar-refractivity contribution in [3.63, 3.8) is 0 Å². The molecule has 28 heavy (non-hydrogen) atoms. The number of rotatable bonds is 5. The van der Waals surface area contributed by atoms with E-state index in [2.05, 4.69) is 58.1 Å². The third-order valence-corrected chi connectivity index (χ3v) is 6.24. The summed E-state index contributed by atoms with van der Waals surface area (Å²) >= 11 is 1.83. The molecule has 150 valence electrons. The Morgan fingerprint density at radius 2 is 2.21 bits per heavy atom. The first-order valence-electron chi connectivity index (χ1n) is 9.71. The van der Waals surface area contributed by atoms with Crippen molar-refractivity contribution in [1.82, 2.24) is 20.0 Å². The average molecular weight is 509 g/mol. The molecule has 3 aromatic rings. The maximum Gasteiger partial charge on any atom is 0.193 e. The maximum absolute atomic E-state index is 4.93. The fourth-order valence-corrected chi connectivity index (χ4v) is 4.81. The number of hydrogen-bond acceptors (Lipinski definition) is 3. The molecule has 2 aromatic heterocycles. The van der Waals surface area contributed by atoms with Gasteiger partial charge in [0.2, 0.25) is 0 Å². The van der Waals surface area contributed by atoms with Gasteiger partial charge in [-0.25, -0.2) is 0 Å². The van der Waals surface area contributed by atoms with Crippen molar-refractivity contribution in [3.8, 4) is 0 Å². The summed E-state index contributed by atoms with van der Waals surface area (Å²) < 4.78 is 3.25. The lowest BCUT2D eigenvalue weighted by atomic mass is 10.0. The van der Waals surface area contributed by atoms with Crippen LogP contribution < -0.4 is 5.32 Å². The van der Waals surface area contributed by atoms with Crippen molar-refractivity contribution in [2.75, 3.05) is 26.2 Å². The SMILES string of the molecule is CCNC(=NCCc1csc2ccccc12)N1CCC(c2cnn(C)c2)C1.I. The largest absolute Gasteiger partial charge is 0.357 e. The first kappa shape index (κ1) is 21.1. The summed E-state index contributed by atoms with van der Waals surface area (Å²) in [4.78, 5) is 7.32. The van der Waals surface area contributed by atoms with Gasteiger partial charge < -0.3 is 10.2 Å². The van der Waals surface area contributed by atoms with Gasteiger partial charge in [0.25, 0.3) is 0 Å². The fraction of sp³-hybridized carbons (Fsp3) is 0.429. The highest BCUT2D eigenvalue weighted by atomic mass is 127. The average Bonchev–Trinajstić information content (AvgIpc) is 3.40. The van der Waals surface area contributed by atoms with Crippen LogP contribution in [0.3, 0.4) is 0 Å². The van der Waals surface area contributed by atoms with Crippen LogP contribution in [0.5, 0.6) is 0 Å². The van der Waals surface area contributed by atoms with Crippen molar-refractivity contribution in [3.05, 3.63) is 53.2 Å². The molecule has 0 bridgehead atoms. The van der Waals surface area contributed by atoms with Crippen molar-refractivity contribution in [1.29, 1.82) is 0 Å². The summed E-state index contributed by atoms with van der Waals surface area (Å²) in [6.45, 7) is 5.91. The monoisotopic (exact) mass is 509 g/mol. The number of fused-ring (bicyclic) bond motifs is 1. The van der Waals surface area contributed by atoms with Gasteiger partial charge in [-0.1, -0.05) is 18.2 Å². The van der Waals surface area contributed by atoms with Crippen LogP contribution in [0, 0.1) is 0 Å². The minimum absolute atomic E-state index is 0. The van der Waals surface area contributed by atoms with Crippen molar-refractivity contribution in [2.45, 2.75) is 25.7 Å². The van der Waals surface area contributed by atoms with Crippen molar-refractivity contribution >= 4 is 51.4 Å². The summed E-state index contributed by atoms with van der Waals surface area (Å²) in [5.41, 5.74) is 2.74. The Bertz CT molecular complexity index is 932. The number of benzene rings is 1. The maximum atomic E-state index is 4.93. The Morgan fingerprint density at radius 1 is 1.36 bits per heavy atom. The lowest BCUT2D eigenvalue weighted by molar-refractivity contribution is 0.486. The molecule has 1 N–H and O–H groups in total. The fourth-order valence-electron chi connectivity index (χ4n) is 3.81. The highest BCUT2D eigenvalue weighted by molar-refractivity contribution is 14.0. The number of hydrogen-bond donors (Lipinski definition) is 1. The second-order valence-electron chi connectivity index (χ2n) is 7.12. The molecule has 4 rings (SSSR count). The van der Waals surface area contributed by atoms with E-state index in [1.165, 1.54) is 21.2 Å². The van der Waals surface area contributed by atoms with Crippen LogP contribution in [-0.2, 0) is 13.5 Å². The summed E-state index contributed by atoms with van der Waals surface area (Å²) in [6, 6.07) is 8.64. The molecule has 7 heteroatoms. The van der Waals surface area contributed by atoms with E-state index in [1.54, 1.807) is 0 Å². The van der Waals surface area contributed by atoms with E-state index in [0.717, 1.165) is 45.0 Å². The molecule has 0 saturated carbocycles. The molecule has 1 aromatic carbocycles. The summed E-state index contributed by atoms with van der Waals surface area (Å²) in [5.74, 6) is 1.59. The third-order valence-electron chi connectivity index (χ3n) is 5.22. The minimum atomic E-state index is 0.